The lowest BCUT2D eigenvalue weighted by atomic mass is 9.73. The topological polar surface area (TPSA) is 29.5 Å². The fourth-order valence-electron chi connectivity index (χ4n) is 3.41. The first-order valence-corrected chi connectivity index (χ1v) is 8.75. The van der Waals surface area contributed by atoms with Crippen molar-refractivity contribution in [2.45, 2.75) is 37.4 Å². The van der Waals surface area contributed by atoms with Crippen molar-refractivity contribution in [3.63, 3.8) is 0 Å². The molecule has 110 valence electrons. The van der Waals surface area contributed by atoms with Crippen molar-refractivity contribution in [3.05, 3.63) is 34.9 Å². The van der Waals surface area contributed by atoms with Crippen LogP contribution in [0.5, 0.6) is 0 Å². The molecule has 0 aliphatic carbocycles. The van der Waals surface area contributed by atoms with Crippen LogP contribution in [0.3, 0.4) is 0 Å². The van der Waals surface area contributed by atoms with Crippen LogP contribution in [0.1, 0.15) is 31.7 Å². The molecule has 1 N–H and O–H groups in total. The van der Waals surface area contributed by atoms with E-state index in [0.29, 0.717) is 5.02 Å². The zero-order valence-corrected chi connectivity index (χ0v) is 13.3. The van der Waals surface area contributed by atoms with Gasteiger partial charge < -0.3 is 9.84 Å². The summed E-state index contributed by atoms with van der Waals surface area (Å²) in [5, 5.41) is 11.7. The van der Waals surface area contributed by atoms with Gasteiger partial charge in [0.25, 0.3) is 0 Å². The maximum Gasteiger partial charge on any atom is 0.0898 e. The first-order valence-electron chi connectivity index (χ1n) is 7.22. The largest absolute Gasteiger partial charge is 0.385 e. The molecule has 0 saturated carbocycles. The number of benzene rings is 1. The van der Waals surface area contributed by atoms with Gasteiger partial charge in [-0.05, 0) is 55.6 Å². The minimum absolute atomic E-state index is 0.00382. The monoisotopic (exact) mass is 312 g/mol. The standard InChI is InChI=1S/C16H21ClO2S/c1-15(18,12-3-2-4-14(17)9-12)13-5-7-19-16(10-13)6-8-20-11-16/h2-4,9,13,18H,5-8,10-11H2,1H3. The molecule has 20 heavy (non-hydrogen) atoms. The summed E-state index contributed by atoms with van der Waals surface area (Å²) in [6, 6.07) is 7.61. The third kappa shape index (κ3) is 2.74. The Balaban J connectivity index is 1.83. The van der Waals surface area contributed by atoms with Gasteiger partial charge in [-0.15, -0.1) is 0 Å². The van der Waals surface area contributed by atoms with Crippen LogP contribution in [-0.4, -0.2) is 28.8 Å². The van der Waals surface area contributed by atoms with Crippen LogP contribution >= 0.6 is 23.4 Å². The quantitative estimate of drug-likeness (QED) is 0.899. The molecule has 0 bridgehead atoms. The average molecular weight is 313 g/mol. The molecule has 2 fully saturated rings. The average Bonchev–Trinajstić information content (AvgIpc) is 2.87. The highest BCUT2D eigenvalue weighted by Crippen LogP contribution is 2.46. The molecule has 1 spiro atoms. The van der Waals surface area contributed by atoms with E-state index in [1.54, 1.807) is 0 Å². The molecule has 4 heteroatoms. The van der Waals surface area contributed by atoms with E-state index in [1.165, 1.54) is 5.75 Å². The molecule has 0 aromatic heterocycles. The highest BCUT2D eigenvalue weighted by atomic mass is 35.5. The van der Waals surface area contributed by atoms with Gasteiger partial charge in [0.05, 0.1) is 11.2 Å². The summed E-state index contributed by atoms with van der Waals surface area (Å²) >= 11 is 8.03. The number of ether oxygens (including phenoxy) is 1. The van der Waals surface area contributed by atoms with Gasteiger partial charge in [0.2, 0.25) is 0 Å². The lowest BCUT2D eigenvalue weighted by molar-refractivity contribution is -0.129. The second kappa shape index (κ2) is 5.53. The number of aliphatic hydroxyl groups is 1. The van der Waals surface area contributed by atoms with Crippen LogP contribution < -0.4 is 0 Å². The number of rotatable bonds is 2. The molecule has 1 aromatic carbocycles. The van der Waals surface area contributed by atoms with E-state index in [0.717, 1.165) is 37.2 Å². The molecule has 1 aromatic rings. The summed E-state index contributed by atoms with van der Waals surface area (Å²) < 4.78 is 6.05. The molecule has 2 aliphatic rings. The molecule has 3 unspecified atom stereocenters. The zero-order valence-electron chi connectivity index (χ0n) is 11.8. The van der Waals surface area contributed by atoms with E-state index in [9.17, 15) is 5.11 Å². The number of halogens is 1. The summed E-state index contributed by atoms with van der Waals surface area (Å²) in [4.78, 5) is 0. The van der Waals surface area contributed by atoms with Crippen LogP contribution in [0.25, 0.3) is 0 Å². The van der Waals surface area contributed by atoms with Gasteiger partial charge in [-0.1, -0.05) is 23.7 Å². The third-order valence-corrected chi connectivity index (χ3v) is 6.22. The Hall–Kier alpha value is -0.220. The van der Waals surface area contributed by atoms with Crippen molar-refractivity contribution in [1.29, 1.82) is 0 Å². The summed E-state index contributed by atoms with van der Waals surface area (Å²) in [6.45, 7) is 2.67. The zero-order chi connectivity index (χ0) is 14.2. The molecule has 2 saturated heterocycles. The first-order chi connectivity index (χ1) is 9.52. The molecule has 0 amide bonds. The minimum atomic E-state index is -0.838. The Morgan fingerprint density at radius 3 is 3.05 bits per heavy atom. The number of hydrogen-bond donors (Lipinski definition) is 1. The van der Waals surface area contributed by atoms with Crippen molar-refractivity contribution >= 4 is 23.4 Å². The highest BCUT2D eigenvalue weighted by molar-refractivity contribution is 7.99. The maximum absolute atomic E-state index is 11.1. The second-order valence-corrected chi connectivity index (χ2v) is 7.72. The van der Waals surface area contributed by atoms with E-state index in [4.69, 9.17) is 16.3 Å². The molecule has 2 aliphatic heterocycles. The van der Waals surface area contributed by atoms with Gasteiger partial charge >= 0.3 is 0 Å². The van der Waals surface area contributed by atoms with Crippen LogP contribution in [0.2, 0.25) is 5.02 Å². The SMILES string of the molecule is CC(O)(c1cccc(Cl)c1)C1CCOC2(CCSC2)C1. The Kier molecular flexibility index (Phi) is 4.06. The summed E-state index contributed by atoms with van der Waals surface area (Å²) in [7, 11) is 0. The summed E-state index contributed by atoms with van der Waals surface area (Å²) in [5.41, 5.74) is 0.0724. The van der Waals surface area contributed by atoms with Gasteiger partial charge in [0.1, 0.15) is 0 Å². The van der Waals surface area contributed by atoms with Gasteiger partial charge in [0, 0.05) is 17.4 Å². The first kappa shape index (κ1) is 14.7. The molecule has 0 radical (unpaired) electrons. The highest BCUT2D eigenvalue weighted by Gasteiger charge is 2.46. The molecular formula is C16H21ClO2S. The molecule has 2 nitrogen and oxygen atoms in total. The van der Waals surface area contributed by atoms with Crippen molar-refractivity contribution in [2.75, 3.05) is 18.1 Å². The van der Waals surface area contributed by atoms with Crippen LogP contribution in [-0.2, 0) is 10.3 Å². The van der Waals surface area contributed by atoms with Crippen molar-refractivity contribution in [3.8, 4) is 0 Å². The maximum atomic E-state index is 11.1. The predicted octanol–water partition coefficient (Wildman–Crippen LogP) is 3.85. The summed E-state index contributed by atoms with van der Waals surface area (Å²) in [5.74, 6) is 2.47. The minimum Gasteiger partial charge on any atom is -0.385 e. The van der Waals surface area contributed by atoms with Crippen molar-refractivity contribution in [2.24, 2.45) is 5.92 Å². The van der Waals surface area contributed by atoms with E-state index in [1.807, 2.05) is 43.0 Å². The Bertz CT molecular complexity index is 483. The number of thioether (sulfide) groups is 1. The third-order valence-electron chi connectivity index (χ3n) is 4.76. The predicted molar refractivity (Wildman–Crippen MR) is 84.4 cm³/mol. The van der Waals surface area contributed by atoms with Crippen LogP contribution in [0.15, 0.2) is 24.3 Å². The fraction of sp³-hybridized carbons (Fsp3) is 0.625. The van der Waals surface area contributed by atoms with Gasteiger partial charge in [-0.2, -0.15) is 11.8 Å². The number of hydrogen-bond acceptors (Lipinski definition) is 3. The normalized spacial score (nSPS) is 33.2. The summed E-state index contributed by atoms with van der Waals surface area (Å²) in [6.07, 6.45) is 2.96. The lowest BCUT2D eigenvalue weighted by Crippen LogP contribution is -2.46. The van der Waals surface area contributed by atoms with E-state index >= 15 is 0 Å². The smallest absolute Gasteiger partial charge is 0.0898 e. The van der Waals surface area contributed by atoms with E-state index < -0.39 is 5.60 Å². The van der Waals surface area contributed by atoms with Gasteiger partial charge in [-0.3, -0.25) is 0 Å². The van der Waals surface area contributed by atoms with Crippen molar-refractivity contribution in [1.82, 2.24) is 0 Å². The van der Waals surface area contributed by atoms with Crippen molar-refractivity contribution < 1.29 is 9.84 Å². The lowest BCUT2D eigenvalue weighted by Gasteiger charge is -2.43. The van der Waals surface area contributed by atoms with E-state index in [2.05, 4.69) is 0 Å². The second-order valence-electron chi connectivity index (χ2n) is 6.18. The molecule has 3 atom stereocenters. The van der Waals surface area contributed by atoms with Crippen LogP contribution in [0, 0.1) is 5.92 Å². The van der Waals surface area contributed by atoms with Crippen LogP contribution in [0.4, 0.5) is 0 Å². The Morgan fingerprint density at radius 2 is 2.35 bits per heavy atom. The molecular weight excluding hydrogens is 292 g/mol. The van der Waals surface area contributed by atoms with Gasteiger partial charge in [0.15, 0.2) is 0 Å². The molecule has 3 rings (SSSR count). The van der Waals surface area contributed by atoms with E-state index in [-0.39, 0.29) is 11.5 Å². The molecule has 2 heterocycles. The Labute approximate surface area is 129 Å². The fourth-order valence-corrected chi connectivity index (χ4v) is 4.98. The Morgan fingerprint density at radius 1 is 1.50 bits per heavy atom. The van der Waals surface area contributed by atoms with Gasteiger partial charge in [-0.25, -0.2) is 0 Å².